The molecule has 3 atom stereocenters. The second-order valence-electron chi connectivity index (χ2n) is 11.0. The van der Waals surface area contributed by atoms with Gasteiger partial charge in [-0.05, 0) is 73.8 Å². The average molecular weight is 474 g/mol. The summed E-state index contributed by atoms with van der Waals surface area (Å²) in [6, 6.07) is 16.5. The molecule has 2 saturated heterocycles. The molecule has 3 fully saturated rings. The van der Waals surface area contributed by atoms with Gasteiger partial charge in [0.1, 0.15) is 0 Å². The Bertz CT molecular complexity index is 1030. The first-order chi connectivity index (χ1) is 17.0. The van der Waals surface area contributed by atoms with Gasteiger partial charge in [0.15, 0.2) is 0 Å². The van der Waals surface area contributed by atoms with Crippen molar-refractivity contribution in [2.24, 2.45) is 17.8 Å². The lowest BCUT2D eigenvalue weighted by molar-refractivity contribution is -0.125. The Morgan fingerprint density at radius 2 is 1.60 bits per heavy atom. The molecule has 0 radical (unpaired) electrons. The van der Waals surface area contributed by atoms with Crippen molar-refractivity contribution >= 4 is 11.8 Å². The second kappa shape index (κ2) is 10.5. The van der Waals surface area contributed by atoms with E-state index in [4.69, 9.17) is 0 Å². The molecule has 3 aliphatic rings. The molecule has 0 spiro atoms. The first kappa shape index (κ1) is 24.1. The number of carbonyl (C=O) groups excluding carboxylic acids is 2. The number of benzene rings is 2. The third-order valence-corrected chi connectivity index (χ3v) is 8.58. The van der Waals surface area contributed by atoms with E-state index in [1.54, 1.807) is 0 Å². The van der Waals surface area contributed by atoms with E-state index in [9.17, 15) is 9.59 Å². The Morgan fingerprint density at radius 1 is 0.914 bits per heavy atom. The molecule has 2 aromatic rings. The van der Waals surface area contributed by atoms with Crippen LogP contribution >= 0.6 is 0 Å². The first-order valence-electron chi connectivity index (χ1n) is 13.4. The van der Waals surface area contributed by atoms with Crippen LogP contribution in [-0.2, 0) is 4.79 Å². The zero-order valence-corrected chi connectivity index (χ0v) is 21.2. The number of nitrogens with one attached hydrogen (secondary N) is 1. The number of fused-ring (bicyclic) bond motifs is 1. The molecule has 1 aliphatic carbocycles. The molecular weight excluding hydrogens is 434 g/mol. The van der Waals surface area contributed by atoms with Gasteiger partial charge in [0.25, 0.3) is 5.91 Å². The first-order valence-corrected chi connectivity index (χ1v) is 13.4. The van der Waals surface area contributed by atoms with E-state index in [-0.39, 0.29) is 23.8 Å². The number of hydrogen-bond donors (Lipinski definition) is 1. The van der Waals surface area contributed by atoms with Crippen LogP contribution in [0.4, 0.5) is 0 Å². The predicted molar refractivity (Wildman–Crippen MR) is 139 cm³/mol. The van der Waals surface area contributed by atoms with Gasteiger partial charge in [0, 0.05) is 44.2 Å². The monoisotopic (exact) mass is 473 g/mol. The summed E-state index contributed by atoms with van der Waals surface area (Å²) < 4.78 is 0. The number of carbonyl (C=O) groups is 2. The highest BCUT2D eigenvalue weighted by Crippen LogP contribution is 2.33. The van der Waals surface area contributed by atoms with Crippen molar-refractivity contribution in [2.45, 2.75) is 52.0 Å². The molecule has 0 bridgehead atoms. The molecule has 2 amide bonds. The number of rotatable bonds is 7. The van der Waals surface area contributed by atoms with Crippen LogP contribution in [0.25, 0.3) is 0 Å². The SMILES string of the molecule is Cc1ccc(C(=O)N2CC3CN(CCC(NC(=O)C4CCCC4)c4ccccc4)C[C@H]3C2)cc1C. The molecule has 0 aromatic heterocycles. The van der Waals surface area contributed by atoms with Crippen LogP contribution in [0.2, 0.25) is 0 Å². The lowest BCUT2D eigenvalue weighted by atomic mass is 10.0. The Balaban J connectivity index is 1.15. The summed E-state index contributed by atoms with van der Waals surface area (Å²) in [5.74, 6) is 1.69. The van der Waals surface area contributed by atoms with E-state index in [0.29, 0.717) is 11.8 Å². The van der Waals surface area contributed by atoms with Crippen molar-refractivity contribution in [1.29, 1.82) is 0 Å². The van der Waals surface area contributed by atoms with Crippen LogP contribution in [0, 0.1) is 31.6 Å². The van der Waals surface area contributed by atoms with Crippen LogP contribution in [-0.4, -0.2) is 54.3 Å². The zero-order chi connectivity index (χ0) is 24.4. The molecule has 35 heavy (non-hydrogen) atoms. The quantitative estimate of drug-likeness (QED) is 0.632. The van der Waals surface area contributed by atoms with Gasteiger partial charge in [-0.15, -0.1) is 0 Å². The summed E-state index contributed by atoms with van der Waals surface area (Å²) in [7, 11) is 0. The highest BCUT2D eigenvalue weighted by atomic mass is 16.2. The van der Waals surface area contributed by atoms with Gasteiger partial charge < -0.3 is 15.1 Å². The van der Waals surface area contributed by atoms with Crippen LogP contribution < -0.4 is 5.32 Å². The third kappa shape index (κ3) is 5.45. The highest BCUT2D eigenvalue weighted by molar-refractivity contribution is 5.94. The smallest absolute Gasteiger partial charge is 0.253 e. The predicted octanol–water partition coefficient (Wildman–Crippen LogP) is 4.75. The van der Waals surface area contributed by atoms with Gasteiger partial charge in [0.05, 0.1) is 6.04 Å². The normalized spacial score (nSPS) is 23.4. The fourth-order valence-electron chi connectivity index (χ4n) is 6.29. The maximum absolute atomic E-state index is 13.1. The number of aryl methyl sites for hydroxylation is 2. The molecule has 1 N–H and O–H groups in total. The van der Waals surface area contributed by atoms with Gasteiger partial charge in [-0.3, -0.25) is 9.59 Å². The van der Waals surface area contributed by atoms with Crippen molar-refractivity contribution in [3.8, 4) is 0 Å². The van der Waals surface area contributed by atoms with Gasteiger partial charge in [-0.2, -0.15) is 0 Å². The number of likely N-dealkylation sites (tertiary alicyclic amines) is 2. The van der Waals surface area contributed by atoms with E-state index < -0.39 is 0 Å². The standard InChI is InChI=1S/C30H39N3O2/c1-21-12-13-25(16-22(21)2)30(35)33-19-26-17-32(18-27(26)20-33)15-14-28(23-8-4-3-5-9-23)31-29(34)24-10-6-7-11-24/h3-5,8-9,12-13,16,24,26-28H,6-7,10-11,14-15,17-20H2,1-2H3,(H,31,34)/t26-,27?,28?/m0/s1. The van der Waals surface area contributed by atoms with Crippen LogP contribution in [0.15, 0.2) is 48.5 Å². The fraction of sp³-hybridized carbons (Fsp3) is 0.533. The van der Waals surface area contributed by atoms with Crippen molar-refractivity contribution in [1.82, 2.24) is 15.1 Å². The maximum Gasteiger partial charge on any atom is 0.253 e. The lowest BCUT2D eigenvalue weighted by Crippen LogP contribution is -2.36. The molecule has 2 unspecified atom stereocenters. The second-order valence-corrected chi connectivity index (χ2v) is 11.0. The molecule has 2 heterocycles. The third-order valence-electron chi connectivity index (χ3n) is 8.58. The van der Waals surface area contributed by atoms with Crippen LogP contribution in [0.3, 0.4) is 0 Å². The van der Waals surface area contributed by atoms with Crippen LogP contribution in [0.5, 0.6) is 0 Å². The highest BCUT2D eigenvalue weighted by Gasteiger charge is 2.41. The molecule has 5 nitrogen and oxygen atoms in total. The minimum absolute atomic E-state index is 0.0626. The van der Waals surface area contributed by atoms with Gasteiger partial charge in [-0.25, -0.2) is 0 Å². The molecular formula is C30H39N3O2. The molecule has 5 heteroatoms. The largest absolute Gasteiger partial charge is 0.349 e. The summed E-state index contributed by atoms with van der Waals surface area (Å²) >= 11 is 0. The van der Waals surface area contributed by atoms with Crippen molar-refractivity contribution in [3.63, 3.8) is 0 Å². The Hall–Kier alpha value is -2.66. The van der Waals surface area contributed by atoms with Crippen molar-refractivity contribution < 1.29 is 9.59 Å². The lowest BCUT2D eigenvalue weighted by Gasteiger charge is -2.26. The van der Waals surface area contributed by atoms with E-state index in [2.05, 4.69) is 59.3 Å². The minimum Gasteiger partial charge on any atom is -0.349 e. The van der Waals surface area contributed by atoms with E-state index >= 15 is 0 Å². The molecule has 186 valence electrons. The summed E-state index contributed by atoms with van der Waals surface area (Å²) in [6.45, 7) is 8.92. The number of amides is 2. The van der Waals surface area contributed by atoms with Crippen LogP contribution in [0.1, 0.15) is 65.2 Å². The zero-order valence-electron chi connectivity index (χ0n) is 21.2. The topological polar surface area (TPSA) is 52.7 Å². The fourth-order valence-corrected chi connectivity index (χ4v) is 6.29. The van der Waals surface area contributed by atoms with Gasteiger partial charge in [0.2, 0.25) is 5.91 Å². The Morgan fingerprint density at radius 3 is 2.26 bits per heavy atom. The summed E-state index contributed by atoms with van der Waals surface area (Å²) in [5, 5.41) is 3.38. The molecule has 2 aromatic carbocycles. The van der Waals surface area contributed by atoms with Gasteiger partial charge in [-0.1, -0.05) is 49.2 Å². The van der Waals surface area contributed by atoms with E-state index in [1.165, 1.54) is 29.5 Å². The van der Waals surface area contributed by atoms with Crippen molar-refractivity contribution in [3.05, 3.63) is 70.8 Å². The number of nitrogens with zero attached hydrogens (tertiary/aromatic N) is 2. The summed E-state index contributed by atoms with van der Waals surface area (Å²) in [6.07, 6.45) is 5.33. The maximum atomic E-state index is 13.1. The van der Waals surface area contributed by atoms with E-state index in [0.717, 1.165) is 57.5 Å². The van der Waals surface area contributed by atoms with E-state index in [1.807, 2.05) is 18.2 Å². The molecule has 1 saturated carbocycles. The molecule has 5 rings (SSSR count). The number of hydrogen-bond acceptors (Lipinski definition) is 3. The summed E-state index contributed by atoms with van der Waals surface area (Å²) in [4.78, 5) is 30.6. The Kier molecular flexibility index (Phi) is 7.24. The summed E-state index contributed by atoms with van der Waals surface area (Å²) in [5.41, 5.74) is 4.41. The van der Waals surface area contributed by atoms with Crippen molar-refractivity contribution in [2.75, 3.05) is 32.7 Å². The minimum atomic E-state index is 0.0626. The average Bonchev–Trinajstić information content (AvgIpc) is 3.60. The van der Waals surface area contributed by atoms with Gasteiger partial charge >= 0.3 is 0 Å². The Labute approximate surface area is 209 Å². The molecule has 2 aliphatic heterocycles.